The number of aromatic nitrogens is 6. The molecular weight excluding hydrogens is 1530 g/mol. The Hall–Kier alpha value is -16.8. The first-order chi connectivity index (χ1) is 62.5. The molecule has 0 radical (unpaired) electrons. The summed E-state index contributed by atoms with van der Waals surface area (Å²) >= 11 is 0. The number of hydrogen-bond acceptors (Lipinski definition) is 0. The van der Waals surface area contributed by atoms with Gasteiger partial charge in [0.05, 0.1) is 66.2 Å². The van der Waals surface area contributed by atoms with E-state index in [1.165, 1.54) is 198 Å². The van der Waals surface area contributed by atoms with Gasteiger partial charge in [0.15, 0.2) is 0 Å². The van der Waals surface area contributed by atoms with Gasteiger partial charge in [0.2, 0.25) is 0 Å². The molecule has 0 bridgehead atoms. The number of rotatable bonds is 12. The second-order valence-electron chi connectivity index (χ2n) is 33.1. The standard InChI is InChI=1S/2C60H39N3/c1-4-15-40(16-5-1)42-27-31-47(32-28-42)61-55-25-12-10-23-49(55)51-36-44(29-33-57(51)61)45-30-34-58-52(37-45)54-39-59-53(50-24-11-13-26-56(50)62(59)46-20-8-3-9-21-46)38-60(54)63(58)48-22-14-19-43(35-48)41-17-6-2-7-18-41;1-4-15-40(16-5-1)42-27-31-47(32-28-42)61-53-25-12-10-23-49(53)51-38-44(29-33-55(51)61)45-30-34-56-52(39-45)60-58(63(56)48-22-14-19-43(37-48)41-17-6-2-7-18-41)36-35-57-59(60)50-24-11-13-26-54(50)62(57)46-20-8-3-9-21-46/h2*1-39H. The summed E-state index contributed by atoms with van der Waals surface area (Å²) in [4.78, 5) is 0. The highest BCUT2D eigenvalue weighted by molar-refractivity contribution is 6.30. The van der Waals surface area contributed by atoms with E-state index in [1.807, 2.05) is 0 Å². The minimum Gasteiger partial charge on any atom is -0.309 e. The number of fused-ring (bicyclic) bond motifs is 19. The van der Waals surface area contributed by atoms with E-state index in [-0.39, 0.29) is 0 Å². The monoisotopic (exact) mass is 1600 g/mol. The van der Waals surface area contributed by atoms with Gasteiger partial charge in [-0.1, -0.05) is 303 Å². The molecule has 0 aliphatic heterocycles. The fourth-order valence-electron chi connectivity index (χ4n) is 20.3. The Bertz CT molecular complexity index is 8650. The van der Waals surface area contributed by atoms with Crippen LogP contribution >= 0.6 is 0 Å². The van der Waals surface area contributed by atoms with Gasteiger partial charge in [-0.15, -0.1) is 0 Å². The highest BCUT2D eigenvalue weighted by Crippen LogP contribution is 2.48. The van der Waals surface area contributed by atoms with Crippen LogP contribution in [0, 0.1) is 0 Å². The molecule has 6 heteroatoms. The van der Waals surface area contributed by atoms with Crippen molar-refractivity contribution in [1.29, 1.82) is 0 Å². The Labute approximate surface area is 727 Å². The number of para-hydroxylation sites is 6. The van der Waals surface area contributed by atoms with Crippen LogP contribution in [0.3, 0.4) is 0 Å². The van der Waals surface area contributed by atoms with Gasteiger partial charge in [0, 0.05) is 98.8 Å². The lowest BCUT2D eigenvalue weighted by Gasteiger charge is -2.11. The molecule has 0 saturated heterocycles. The predicted molar refractivity (Wildman–Crippen MR) is 532 cm³/mol. The molecule has 0 amide bonds. The molecule has 0 N–H and O–H groups in total. The molecule has 20 aromatic carbocycles. The van der Waals surface area contributed by atoms with Crippen molar-refractivity contribution in [1.82, 2.24) is 27.4 Å². The van der Waals surface area contributed by atoms with E-state index in [9.17, 15) is 0 Å². The maximum atomic E-state index is 2.47. The molecule has 26 aromatic rings. The maximum absolute atomic E-state index is 2.47. The number of nitrogens with zero attached hydrogens (tertiary/aromatic N) is 6. The summed E-state index contributed by atoms with van der Waals surface area (Å²) in [5.74, 6) is 0. The lowest BCUT2D eigenvalue weighted by molar-refractivity contribution is 1.17. The van der Waals surface area contributed by atoms with Gasteiger partial charge < -0.3 is 27.4 Å². The van der Waals surface area contributed by atoms with Crippen LogP contribution in [-0.2, 0) is 0 Å². The zero-order valence-electron chi connectivity index (χ0n) is 68.7. The molecule has 6 nitrogen and oxygen atoms in total. The second kappa shape index (κ2) is 29.5. The van der Waals surface area contributed by atoms with Crippen molar-refractivity contribution in [3.05, 3.63) is 473 Å². The first-order valence-electron chi connectivity index (χ1n) is 43.4. The van der Waals surface area contributed by atoms with Crippen molar-refractivity contribution in [2.45, 2.75) is 0 Å². The molecule has 0 atom stereocenters. The number of benzene rings is 20. The summed E-state index contributed by atoms with van der Waals surface area (Å²) < 4.78 is 14.6. The van der Waals surface area contributed by atoms with Crippen molar-refractivity contribution in [3.8, 4) is 101 Å². The Morgan fingerprint density at radius 2 is 0.302 bits per heavy atom. The largest absolute Gasteiger partial charge is 0.309 e. The third-order valence-electron chi connectivity index (χ3n) is 26.1. The lowest BCUT2D eigenvalue weighted by atomic mass is 9.99. The van der Waals surface area contributed by atoms with E-state index in [4.69, 9.17) is 0 Å². The molecule has 0 spiro atoms. The summed E-state index contributed by atoms with van der Waals surface area (Å²) in [6, 6.07) is 173. The third-order valence-corrected chi connectivity index (χ3v) is 26.1. The quantitative estimate of drug-likeness (QED) is 0.117. The Kier molecular flexibility index (Phi) is 16.9. The van der Waals surface area contributed by atoms with Crippen LogP contribution in [0.25, 0.3) is 232 Å². The molecule has 0 aliphatic rings. The van der Waals surface area contributed by atoms with Crippen molar-refractivity contribution in [3.63, 3.8) is 0 Å². The molecule has 6 aromatic heterocycles. The summed E-state index contributed by atoms with van der Waals surface area (Å²) in [5.41, 5.74) is 35.6. The molecular formula is C120H78N6. The van der Waals surface area contributed by atoms with Crippen molar-refractivity contribution < 1.29 is 0 Å². The Morgan fingerprint density at radius 3 is 0.698 bits per heavy atom. The van der Waals surface area contributed by atoms with Gasteiger partial charge in [-0.3, -0.25) is 0 Å². The summed E-state index contributed by atoms with van der Waals surface area (Å²) in [6.45, 7) is 0. The van der Waals surface area contributed by atoms with E-state index < -0.39 is 0 Å². The number of hydrogen-bond donors (Lipinski definition) is 0. The molecule has 0 aliphatic carbocycles. The van der Waals surface area contributed by atoms with Crippen LogP contribution in [0.1, 0.15) is 0 Å². The Balaban J connectivity index is 0.000000137. The highest BCUT2D eigenvalue weighted by Gasteiger charge is 2.25. The molecule has 0 fully saturated rings. The summed E-state index contributed by atoms with van der Waals surface area (Å²) in [7, 11) is 0. The molecule has 6 heterocycles. The average molecular weight is 1600 g/mol. The van der Waals surface area contributed by atoms with Crippen molar-refractivity contribution >= 4 is 131 Å². The SMILES string of the molecule is c1ccc(-c2ccc(-n3c4ccccc4c4cc(-c5ccc6c(c5)c5c7c8ccccc8n(-c8ccccc8)c7ccc5n6-c5cccc(-c6ccccc6)c5)ccc43)cc2)cc1.c1ccc(-c2ccc(-n3c4ccccc4c4cc(-c5ccc6c(c5)c5cc7c(cc5n6-c5cccc(-c6ccccc6)c5)c5ccccc5n7-c5ccccc5)ccc43)cc2)cc1. The van der Waals surface area contributed by atoms with E-state index in [2.05, 4.69) is 501 Å². The summed E-state index contributed by atoms with van der Waals surface area (Å²) in [6.07, 6.45) is 0. The van der Waals surface area contributed by atoms with Crippen LogP contribution in [0.5, 0.6) is 0 Å². The molecule has 588 valence electrons. The van der Waals surface area contributed by atoms with Gasteiger partial charge in [-0.05, 0) is 237 Å². The molecule has 26 rings (SSSR count). The van der Waals surface area contributed by atoms with E-state index in [0.717, 1.165) is 34.1 Å². The second-order valence-corrected chi connectivity index (χ2v) is 33.1. The minimum absolute atomic E-state index is 1.14. The zero-order valence-corrected chi connectivity index (χ0v) is 68.7. The minimum atomic E-state index is 1.14. The molecule has 0 saturated carbocycles. The summed E-state index contributed by atoms with van der Waals surface area (Å²) in [5, 5.41) is 14.9. The van der Waals surface area contributed by atoms with Crippen LogP contribution in [0.4, 0.5) is 0 Å². The molecule has 0 unspecified atom stereocenters. The predicted octanol–water partition coefficient (Wildman–Crippen LogP) is 32.0. The van der Waals surface area contributed by atoms with Gasteiger partial charge in [-0.2, -0.15) is 0 Å². The normalized spacial score (nSPS) is 11.8. The first-order valence-corrected chi connectivity index (χ1v) is 43.4. The highest BCUT2D eigenvalue weighted by atomic mass is 15.0. The Morgan fingerprint density at radius 1 is 0.0952 bits per heavy atom. The van der Waals surface area contributed by atoms with Crippen molar-refractivity contribution in [2.24, 2.45) is 0 Å². The van der Waals surface area contributed by atoms with Gasteiger partial charge in [-0.25, -0.2) is 0 Å². The third kappa shape index (κ3) is 11.8. The van der Waals surface area contributed by atoms with Gasteiger partial charge in [0.1, 0.15) is 0 Å². The van der Waals surface area contributed by atoms with Crippen molar-refractivity contribution in [2.75, 3.05) is 0 Å². The maximum Gasteiger partial charge on any atom is 0.0548 e. The fraction of sp³-hybridized carbons (Fsp3) is 0. The van der Waals surface area contributed by atoms with Crippen LogP contribution in [0.2, 0.25) is 0 Å². The van der Waals surface area contributed by atoms with E-state index in [0.29, 0.717) is 0 Å². The van der Waals surface area contributed by atoms with Crippen LogP contribution in [0.15, 0.2) is 473 Å². The van der Waals surface area contributed by atoms with E-state index >= 15 is 0 Å². The zero-order chi connectivity index (χ0) is 82.9. The fourth-order valence-corrected chi connectivity index (χ4v) is 20.3. The van der Waals surface area contributed by atoms with Crippen LogP contribution < -0.4 is 0 Å². The van der Waals surface area contributed by atoms with Gasteiger partial charge >= 0.3 is 0 Å². The lowest BCUT2D eigenvalue weighted by Crippen LogP contribution is -1.95. The van der Waals surface area contributed by atoms with E-state index in [1.54, 1.807) is 0 Å². The average Bonchev–Trinajstić information content (AvgIpc) is 1.55. The first kappa shape index (κ1) is 72.1. The topological polar surface area (TPSA) is 29.6 Å². The van der Waals surface area contributed by atoms with Crippen LogP contribution in [-0.4, -0.2) is 27.4 Å². The smallest absolute Gasteiger partial charge is 0.0548 e. The van der Waals surface area contributed by atoms with Gasteiger partial charge in [0.25, 0.3) is 0 Å². The molecule has 126 heavy (non-hydrogen) atoms.